The van der Waals surface area contributed by atoms with Gasteiger partial charge in [-0.2, -0.15) is 0 Å². The van der Waals surface area contributed by atoms with Crippen LogP contribution in [0.4, 0.5) is 5.69 Å². The molecule has 3 rings (SSSR count). The summed E-state index contributed by atoms with van der Waals surface area (Å²) in [5.74, 6) is 0. The molecule has 2 heterocycles. The third-order valence-corrected chi connectivity index (χ3v) is 3.57. The minimum Gasteiger partial charge on any atom is -0.369 e. The Morgan fingerprint density at radius 2 is 1.94 bits per heavy atom. The molecule has 1 aromatic rings. The zero-order chi connectivity index (χ0) is 11.0. The molecule has 3 heteroatoms. The van der Waals surface area contributed by atoms with Crippen molar-refractivity contribution in [1.82, 2.24) is 10.2 Å². The van der Waals surface area contributed by atoms with E-state index in [1.807, 2.05) is 0 Å². The van der Waals surface area contributed by atoms with Crippen molar-refractivity contribution in [3.05, 3.63) is 29.3 Å². The van der Waals surface area contributed by atoms with Crippen LogP contribution >= 0.6 is 0 Å². The molecule has 0 radical (unpaired) electrons. The van der Waals surface area contributed by atoms with E-state index in [1.165, 1.54) is 11.3 Å². The van der Waals surface area contributed by atoms with Crippen molar-refractivity contribution in [2.45, 2.75) is 13.1 Å². The highest BCUT2D eigenvalue weighted by molar-refractivity contribution is 5.58. The van der Waals surface area contributed by atoms with Crippen molar-refractivity contribution in [3.63, 3.8) is 0 Å². The van der Waals surface area contributed by atoms with Crippen molar-refractivity contribution in [3.8, 4) is 0 Å². The number of hydrogen-bond acceptors (Lipinski definition) is 3. The van der Waals surface area contributed by atoms with Gasteiger partial charge in [0.2, 0.25) is 0 Å². The molecule has 0 aromatic heterocycles. The Morgan fingerprint density at radius 1 is 1.12 bits per heavy atom. The molecule has 0 saturated carbocycles. The molecule has 2 aliphatic rings. The first-order valence-corrected chi connectivity index (χ1v) is 6.09. The summed E-state index contributed by atoms with van der Waals surface area (Å²) >= 11 is 0. The number of rotatable bonds is 1. The Labute approximate surface area is 97.0 Å². The molecule has 16 heavy (non-hydrogen) atoms. The SMILES string of the molecule is CN1Cc2cccc(N3CCNCC3)c2C1. The monoisotopic (exact) mass is 217 g/mol. The standard InChI is InChI=1S/C13H19N3/c1-15-9-11-3-2-4-13(12(11)10-15)16-7-5-14-6-8-16/h2-4,14H,5-10H2,1H3. The summed E-state index contributed by atoms with van der Waals surface area (Å²) in [4.78, 5) is 4.91. The summed E-state index contributed by atoms with van der Waals surface area (Å²) in [6.45, 7) is 6.71. The second kappa shape index (κ2) is 4.07. The maximum absolute atomic E-state index is 3.41. The van der Waals surface area contributed by atoms with Crippen LogP contribution in [0.15, 0.2) is 18.2 Å². The van der Waals surface area contributed by atoms with Crippen molar-refractivity contribution < 1.29 is 0 Å². The molecule has 86 valence electrons. The highest BCUT2D eigenvalue weighted by atomic mass is 15.2. The first-order valence-electron chi connectivity index (χ1n) is 6.09. The topological polar surface area (TPSA) is 18.5 Å². The highest BCUT2D eigenvalue weighted by Crippen LogP contribution is 2.30. The molecule has 2 aliphatic heterocycles. The largest absolute Gasteiger partial charge is 0.369 e. The lowest BCUT2D eigenvalue weighted by molar-refractivity contribution is 0.353. The van der Waals surface area contributed by atoms with Gasteiger partial charge in [0, 0.05) is 45.0 Å². The van der Waals surface area contributed by atoms with Gasteiger partial charge < -0.3 is 10.2 Å². The van der Waals surface area contributed by atoms with Crippen LogP contribution in [0.1, 0.15) is 11.1 Å². The number of piperazine rings is 1. The van der Waals surface area contributed by atoms with Gasteiger partial charge in [0.1, 0.15) is 0 Å². The molecule has 1 N–H and O–H groups in total. The van der Waals surface area contributed by atoms with E-state index in [1.54, 1.807) is 5.56 Å². The predicted molar refractivity (Wildman–Crippen MR) is 66.7 cm³/mol. The quantitative estimate of drug-likeness (QED) is 0.758. The van der Waals surface area contributed by atoms with Crippen molar-refractivity contribution >= 4 is 5.69 Å². The number of fused-ring (bicyclic) bond motifs is 1. The fourth-order valence-corrected chi connectivity index (χ4v) is 2.77. The third kappa shape index (κ3) is 1.70. The van der Waals surface area contributed by atoms with Gasteiger partial charge in [0.25, 0.3) is 0 Å². The van der Waals surface area contributed by atoms with Crippen LogP contribution in [0.5, 0.6) is 0 Å². The lowest BCUT2D eigenvalue weighted by atomic mass is 10.1. The molecule has 1 saturated heterocycles. The summed E-state index contributed by atoms with van der Waals surface area (Å²) in [6.07, 6.45) is 0. The second-order valence-corrected chi connectivity index (χ2v) is 4.82. The molecule has 1 aromatic carbocycles. The summed E-state index contributed by atoms with van der Waals surface area (Å²) in [6, 6.07) is 6.75. The average molecular weight is 217 g/mol. The summed E-state index contributed by atoms with van der Waals surface area (Å²) in [5, 5.41) is 3.41. The molecule has 0 spiro atoms. The van der Waals surface area contributed by atoms with E-state index < -0.39 is 0 Å². The molecular formula is C13H19N3. The van der Waals surface area contributed by atoms with Crippen LogP contribution in [0, 0.1) is 0 Å². The lowest BCUT2D eigenvalue weighted by Gasteiger charge is -2.31. The lowest BCUT2D eigenvalue weighted by Crippen LogP contribution is -2.43. The number of anilines is 1. The van der Waals surface area contributed by atoms with Gasteiger partial charge in [0.05, 0.1) is 0 Å². The second-order valence-electron chi connectivity index (χ2n) is 4.82. The molecule has 0 unspecified atom stereocenters. The first kappa shape index (κ1) is 10.1. The minimum atomic E-state index is 1.11. The van der Waals surface area contributed by atoms with Crippen LogP contribution in [0.3, 0.4) is 0 Å². The predicted octanol–water partition coefficient (Wildman–Crippen LogP) is 1.04. The zero-order valence-electron chi connectivity index (χ0n) is 9.87. The normalized spacial score (nSPS) is 21.2. The number of nitrogens with one attached hydrogen (secondary N) is 1. The molecule has 0 amide bonds. The Balaban J connectivity index is 1.92. The van der Waals surface area contributed by atoms with Gasteiger partial charge in [-0.1, -0.05) is 12.1 Å². The van der Waals surface area contributed by atoms with Crippen LogP contribution in [0.25, 0.3) is 0 Å². The van der Waals surface area contributed by atoms with E-state index >= 15 is 0 Å². The molecular weight excluding hydrogens is 198 g/mol. The van der Waals surface area contributed by atoms with Crippen LogP contribution in [-0.2, 0) is 13.1 Å². The zero-order valence-corrected chi connectivity index (χ0v) is 9.87. The van der Waals surface area contributed by atoms with E-state index in [-0.39, 0.29) is 0 Å². The van der Waals surface area contributed by atoms with Crippen LogP contribution in [0.2, 0.25) is 0 Å². The van der Waals surface area contributed by atoms with E-state index in [2.05, 4.69) is 40.4 Å². The smallest absolute Gasteiger partial charge is 0.0416 e. The molecule has 1 fully saturated rings. The van der Waals surface area contributed by atoms with Crippen molar-refractivity contribution in [2.24, 2.45) is 0 Å². The van der Waals surface area contributed by atoms with Gasteiger partial charge in [0.15, 0.2) is 0 Å². The Kier molecular flexibility index (Phi) is 2.58. The summed E-state index contributed by atoms with van der Waals surface area (Å²) in [7, 11) is 2.20. The Morgan fingerprint density at radius 3 is 2.75 bits per heavy atom. The maximum Gasteiger partial charge on any atom is 0.0416 e. The number of nitrogens with zero attached hydrogens (tertiary/aromatic N) is 2. The Hall–Kier alpha value is -1.06. The number of hydrogen-bond donors (Lipinski definition) is 1. The number of benzene rings is 1. The minimum absolute atomic E-state index is 1.11. The fraction of sp³-hybridized carbons (Fsp3) is 0.538. The first-order chi connectivity index (χ1) is 7.84. The van der Waals surface area contributed by atoms with E-state index in [4.69, 9.17) is 0 Å². The van der Waals surface area contributed by atoms with E-state index in [0.29, 0.717) is 0 Å². The highest BCUT2D eigenvalue weighted by Gasteiger charge is 2.21. The van der Waals surface area contributed by atoms with Gasteiger partial charge in [-0.25, -0.2) is 0 Å². The summed E-state index contributed by atoms with van der Waals surface area (Å²) in [5.41, 5.74) is 4.52. The molecule has 3 nitrogen and oxygen atoms in total. The van der Waals surface area contributed by atoms with E-state index in [0.717, 1.165) is 39.3 Å². The summed E-state index contributed by atoms with van der Waals surface area (Å²) < 4.78 is 0. The van der Waals surface area contributed by atoms with Gasteiger partial charge in [-0.3, -0.25) is 4.90 Å². The maximum atomic E-state index is 3.41. The van der Waals surface area contributed by atoms with Crippen LogP contribution in [-0.4, -0.2) is 38.1 Å². The van der Waals surface area contributed by atoms with Crippen molar-refractivity contribution in [2.75, 3.05) is 38.1 Å². The molecule has 0 bridgehead atoms. The van der Waals surface area contributed by atoms with E-state index in [9.17, 15) is 0 Å². The van der Waals surface area contributed by atoms with Crippen molar-refractivity contribution in [1.29, 1.82) is 0 Å². The van der Waals surface area contributed by atoms with Gasteiger partial charge in [-0.15, -0.1) is 0 Å². The van der Waals surface area contributed by atoms with Gasteiger partial charge >= 0.3 is 0 Å². The molecule has 0 aliphatic carbocycles. The fourth-order valence-electron chi connectivity index (χ4n) is 2.77. The van der Waals surface area contributed by atoms with Gasteiger partial charge in [-0.05, 0) is 24.2 Å². The Bertz CT molecular complexity index is 383. The average Bonchev–Trinajstić information content (AvgIpc) is 2.70. The molecule has 0 atom stereocenters. The van der Waals surface area contributed by atoms with Crippen LogP contribution < -0.4 is 10.2 Å². The third-order valence-electron chi connectivity index (χ3n) is 3.57.